The number of halogens is 7. The van der Waals surface area contributed by atoms with Crippen molar-refractivity contribution in [2.45, 2.75) is 70.3 Å². The van der Waals surface area contributed by atoms with E-state index in [4.69, 9.17) is 0 Å². The second-order valence-electron chi connectivity index (χ2n) is 11.4. The fourth-order valence-corrected chi connectivity index (χ4v) is 5.94. The Morgan fingerprint density at radius 2 is 1.43 bits per heavy atom. The zero-order valence-electron chi connectivity index (χ0n) is 24.2. The summed E-state index contributed by atoms with van der Waals surface area (Å²) in [6, 6.07) is 10.2. The Kier molecular flexibility index (Phi) is 9.61. The summed E-state index contributed by atoms with van der Waals surface area (Å²) in [5.74, 6) is -6.17. The third-order valence-electron chi connectivity index (χ3n) is 8.37. The number of pyridine rings is 1. The van der Waals surface area contributed by atoms with Crippen LogP contribution in [0.15, 0.2) is 66.9 Å². The van der Waals surface area contributed by atoms with Gasteiger partial charge in [-0.3, -0.25) is 4.98 Å². The first kappa shape index (κ1) is 31.5. The molecule has 0 aliphatic heterocycles. The summed E-state index contributed by atoms with van der Waals surface area (Å²) in [5.41, 5.74) is -0.646. The first-order valence-electron chi connectivity index (χ1n) is 14.8. The van der Waals surface area contributed by atoms with Crippen molar-refractivity contribution in [1.82, 2.24) is 4.98 Å². The molecule has 1 heterocycles. The van der Waals surface area contributed by atoms with Crippen molar-refractivity contribution in [3.63, 3.8) is 0 Å². The van der Waals surface area contributed by atoms with Crippen molar-refractivity contribution in [2.24, 2.45) is 5.92 Å². The van der Waals surface area contributed by atoms with E-state index in [0.717, 1.165) is 79.6 Å². The Morgan fingerprint density at radius 3 is 2.05 bits per heavy atom. The summed E-state index contributed by atoms with van der Waals surface area (Å²) >= 11 is 0. The lowest BCUT2D eigenvalue weighted by molar-refractivity contribution is -0.189. The van der Waals surface area contributed by atoms with Crippen LogP contribution in [0.5, 0.6) is 5.75 Å². The van der Waals surface area contributed by atoms with Gasteiger partial charge in [-0.15, -0.1) is 0 Å². The lowest BCUT2D eigenvalue weighted by Crippen LogP contribution is -2.25. The van der Waals surface area contributed by atoms with E-state index in [1.54, 1.807) is 12.3 Å². The maximum atomic E-state index is 15.0. The minimum absolute atomic E-state index is 0.0207. The molecule has 3 aromatic carbocycles. The van der Waals surface area contributed by atoms with Crippen LogP contribution < -0.4 is 4.74 Å². The molecule has 0 unspecified atom stereocenters. The summed E-state index contributed by atoms with van der Waals surface area (Å²) in [7, 11) is 0. The van der Waals surface area contributed by atoms with E-state index in [1.165, 1.54) is 25.7 Å². The van der Waals surface area contributed by atoms with Gasteiger partial charge in [-0.2, -0.15) is 8.78 Å². The summed E-state index contributed by atoms with van der Waals surface area (Å²) in [5, 5.41) is 0. The molecule has 0 saturated heterocycles. The Morgan fingerprint density at radius 1 is 0.727 bits per heavy atom. The van der Waals surface area contributed by atoms with E-state index in [9.17, 15) is 30.7 Å². The van der Waals surface area contributed by atoms with Crippen LogP contribution in [-0.2, 0) is 6.11 Å². The third kappa shape index (κ3) is 7.08. The number of unbranched alkanes of at least 4 members (excludes halogenated alkanes) is 2. The first-order chi connectivity index (χ1) is 21.1. The van der Waals surface area contributed by atoms with Crippen LogP contribution in [-0.4, -0.2) is 4.98 Å². The summed E-state index contributed by atoms with van der Waals surface area (Å²) in [6.07, 6.45) is 6.61. The average Bonchev–Trinajstić information content (AvgIpc) is 2.98. The van der Waals surface area contributed by atoms with Crippen molar-refractivity contribution in [3.8, 4) is 28.1 Å². The minimum atomic E-state index is -4.50. The van der Waals surface area contributed by atoms with Crippen molar-refractivity contribution in [2.75, 3.05) is 0 Å². The lowest BCUT2D eigenvalue weighted by Gasteiger charge is -2.28. The van der Waals surface area contributed by atoms with Crippen LogP contribution in [0.3, 0.4) is 0 Å². The normalized spacial score (nSPS) is 17.1. The summed E-state index contributed by atoms with van der Waals surface area (Å²) in [6.45, 7) is 2.20. The number of aromatic nitrogens is 1. The Labute approximate surface area is 251 Å². The molecule has 1 aliphatic rings. The Bertz CT molecular complexity index is 1570. The maximum absolute atomic E-state index is 15.0. The van der Waals surface area contributed by atoms with Crippen LogP contribution in [0.25, 0.3) is 22.4 Å². The van der Waals surface area contributed by atoms with E-state index in [2.05, 4.69) is 16.6 Å². The molecule has 0 amide bonds. The van der Waals surface area contributed by atoms with Crippen molar-refractivity contribution in [1.29, 1.82) is 0 Å². The van der Waals surface area contributed by atoms with Gasteiger partial charge in [-0.1, -0.05) is 44.7 Å². The van der Waals surface area contributed by atoms with Gasteiger partial charge < -0.3 is 4.74 Å². The number of hydrogen-bond donors (Lipinski definition) is 0. The van der Waals surface area contributed by atoms with E-state index >= 15 is 0 Å². The maximum Gasteiger partial charge on any atom is 0.432 e. The second kappa shape index (κ2) is 13.4. The quantitative estimate of drug-likeness (QED) is 0.131. The molecule has 5 rings (SSSR count). The molecule has 0 spiro atoms. The van der Waals surface area contributed by atoms with Gasteiger partial charge in [0, 0.05) is 23.4 Å². The predicted molar refractivity (Wildman–Crippen MR) is 155 cm³/mol. The molecule has 0 bridgehead atoms. The number of hydrogen-bond acceptors (Lipinski definition) is 2. The number of ether oxygens (including phenoxy) is 1. The van der Waals surface area contributed by atoms with Crippen LogP contribution in [0.2, 0.25) is 0 Å². The topological polar surface area (TPSA) is 22.1 Å². The van der Waals surface area contributed by atoms with Gasteiger partial charge in [-0.25, -0.2) is 22.0 Å². The molecule has 0 atom stereocenters. The molecule has 2 nitrogen and oxygen atoms in total. The molecule has 0 radical (unpaired) electrons. The molecular formula is C35H32F7NO. The van der Waals surface area contributed by atoms with Gasteiger partial charge in [0.15, 0.2) is 11.6 Å². The van der Waals surface area contributed by atoms with Gasteiger partial charge in [0.1, 0.15) is 28.8 Å². The summed E-state index contributed by atoms with van der Waals surface area (Å²) < 4.78 is 106. The predicted octanol–water partition coefficient (Wildman–Crippen LogP) is 11.1. The Balaban J connectivity index is 1.28. The highest BCUT2D eigenvalue weighted by atomic mass is 19.3. The summed E-state index contributed by atoms with van der Waals surface area (Å²) in [4.78, 5) is 4.36. The molecule has 0 N–H and O–H groups in total. The first-order valence-corrected chi connectivity index (χ1v) is 14.8. The van der Waals surface area contributed by atoms with Gasteiger partial charge in [-0.05, 0) is 91.1 Å². The molecule has 4 aromatic rings. The van der Waals surface area contributed by atoms with Crippen LogP contribution in [0.4, 0.5) is 30.7 Å². The lowest BCUT2D eigenvalue weighted by atomic mass is 9.77. The van der Waals surface area contributed by atoms with Crippen molar-refractivity contribution >= 4 is 0 Å². The molecule has 1 aromatic heterocycles. The standard InChI is InChI=1S/C35H32F7NO/c1-2-3-4-5-21-6-8-22(9-7-21)24-11-15-33(43-20-24)25-17-31(39)34(32(40)18-25)35(41,42)44-26-12-13-27(29(37)19-26)23-10-14-28(36)30(38)16-23/h10-22H,2-9H2,1H3. The highest BCUT2D eigenvalue weighted by Gasteiger charge is 2.41. The van der Waals surface area contributed by atoms with E-state index in [0.29, 0.717) is 12.0 Å². The SMILES string of the molecule is CCCCCC1CCC(c2ccc(-c3cc(F)c(C(F)(F)Oc4ccc(-c5ccc(F)c(F)c5)c(F)c4)c(F)c3)nc2)CC1. The number of alkyl halides is 2. The monoisotopic (exact) mass is 615 g/mol. The van der Waals surface area contributed by atoms with Crippen molar-refractivity contribution in [3.05, 3.63) is 107 Å². The molecule has 232 valence electrons. The fraction of sp³-hybridized carbons (Fsp3) is 0.343. The second-order valence-corrected chi connectivity index (χ2v) is 11.4. The van der Waals surface area contributed by atoms with Gasteiger partial charge in [0.05, 0.1) is 5.69 Å². The molecule has 9 heteroatoms. The molecular weight excluding hydrogens is 583 g/mol. The van der Waals surface area contributed by atoms with Crippen molar-refractivity contribution < 1.29 is 35.5 Å². The largest absolute Gasteiger partial charge is 0.432 e. The third-order valence-corrected chi connectivity index (χ3v) is 8.37. The van der Waals surface area contributed by atoms with Gasteiger partial charge in [0.2, 0.25) is 0 Å². The van der Waals surface area contributed by atoms with Crippen LogP contribution in [0, 0.1) is 35.0 Å². The molecule has 44 heavy (non-hydrogen) atoms. The minimum Gasteiger partial charge on any atom is -0.429 e. The fourth-order valence-electron chi connectivity index (χ4n) is 5.94. The van der Waals surface area contributed by atoms with E-state index in [-0.39, 0.29) is 22.4 Å². The molecule has 1 aliphatic carbocycles. The smallest absolute Gasteiger partial charge is 0.429 e. The zero-order valence-corrected chi connectivity index (χ0v) is 24.2. The Hall–Kier alpha value is -3.88. The number of benzene rings is 3. The zero-order chi connectivity index (χ0) is 31.4. The van der Waals surface area contributed by atoms with Gasteiger partial charge >= 0.3 is 6.11 Å². The van der Waals surface area contributed by atoms with Crippen LogP contribution >= 0.6 is 0 Å². The van der Waals surface area contributed by atoms with Crippen LogP contribution in [0.1, 0.15) is 75.3 Å². The van der Waals surface area contributed by atoms with E-state index in [1.807, 2.05) is 6.07 Å². The van der Waals surface area contributed by atoms with E-state index < -0.39 is 46.5 Å². The number of rotatable bonds is 10. The average molecular weight is 616 g/mol. The number of nitrogens with zero attached hydrogens (tertiary/aromatic N) is 1. The highest BCUT2D eigenvalue weighted by Crippen LogP contribution is 2.40. The molecule has 1 saturated carbocycles. The highest BCUT2D eigenvalue weighted by molar-refractivity contribution is 5.65. The van der Waals surface area contributed by atoms with Gasteiger partial charge in [0.25, 0.3) is 0 Å². The molecule has 1 fully saturated rings.